The minimum atomic E-state index is -0.205. The summed E-state index contributed by atoms with van der Waals surface area (Å²) in [6.07, 6.45) is 3.72. The monoisotopic (exact) mass is 261 g/mol. The number of ether oxygens (including phenoxy) is 1. The van der Waals surface area contributed by atoms with E-state index in [9.17, 15) is 5.11 Å². The topological polar surface area (TPSA) is 32.7 Å². The summed E-state index contributed by atoms with van der Waals surface area (Å²) in [5, 5.41) is 9.80. The standard InChI is InChI=1S/C16H23NO2/c1-17-10-13-6-3-7-14(11-17)16(13,19-2)12-5-4-8-15(18)9-12/h4-5,8-9,13-14,18H,3,6-7,10-11H2,1-2H3. The summed E-state index contributed by atoms with van der Waals surface area (Å²) >= 11 is 0. The van der Waals surface area contributed by atoms with Crippen LogP contribution in [0.15, 0.2) is 24.3 Å². The Morgan fingerprint density at radius 2 is 1.95 bits per heavy atom. The number of piperidine rings is 1. The fraction of sp³-hybridized carbons (Fsp3) is 0.625. The van der Waals surface area contributed by atoms with Crippen molar-refractivity contribution in [1.82, 2.24) is 4.90 Å². The molecule has 3 rings (SSSR count). The van der Waals surface area contributed by atoms with Gasteiger partial charge < -0.3 is 14.7 Å². The quantitative estimate of drug-likeness (QED) is 0.888. The molecule has 104 valence electrons. The van der Waals surface area contributed by atoms with Crippen LogP contribution >= 0.6 is 0 Å². The lowest BCUT2D eigenvalue weighted by atomic mass is 9.62. The van der Waals surface area contributed by atoms with E-state index in [-0.39, 0.29) is 5.60 Å². The first-order valence-corrected chi connectivity index (χ1v) is 7.20. The highest BCUT2D eigenvalue weighted by molar-refractivity contribution is 5.34. The molecule has 1 aromatic carbocycles. The zero-order valence-corrected chi connectivity index (χ0v) is 11.8. The van der Waals surface area contributed by atoms with Crippen LogP contribution in [0, 0.1) is 11.8 Å². The summed E-state index contributed by atoms with van der Waals surface area (Å²) in [4.78, 5) is 2.43. The van der Waals surface area contributed by atoms with Gasteiger partial charge in [-0.2, -0.15) is 0 Å². The molecule has 1 aromatic rings. The van der Waals surface area contributed by atoms with Gasteiger partial charge in [0.05, 0.1) is 0 Å². The van der Waals surface area contributed by atoms with E-state index in [1.807, 2.05) is 19.2 Å². The lowest BCUT2D eigenvalue weighted by Crippen LogP contribution is -2.58. The van der Waals surface area contributed by atoms with E-state index in [0.29, 0.717) is 17.6 Å². The van der Waals surface area contributed by atoms with E-state index in [1.165, 1.54) is 19.3 Å². The van der Waals surface area contributed by atoms with Gasteiger partial charge in [-0.3, -0.25) is 0 Å². The molecule has 2 bridgehead atoms. The van der Waals surface area contributed by atoms with E-state index < -0.39 is 0 Å². The predicted octanol–water partition coefficient (Wildman–Crippen LogP) is 2.60. The van der Waals surface area contributed by atoms with Gasteiger partial charge in [0.25, 0.3) is 0 Å². The number of benzene rings is 1. The Morgan fingerprint density at radius 3 is 2.53 bits per heavy atom. The van der Waals surface area contributed by atoms with Crippen LogP contribution in [0.3, 0.4) is 0 Å². The van der Waals surface area contributed by atoms with Gasteiger partial charge in [0, 0.05) is 32.0 Å². The van der Waals surface area contributed by atoms with Gasteiger partial charge in [-0.25, -0.2) is 0 Å². The van der Waals surface area contributed by atoms with Crippen molar-refractivity contribution >= 4 is 0 Å². The Morgan fingerprint density at radius 1 is 1.26 bits per heavy atom. The van der Waals surface area contributed by atoms with E-state index in [4.69, 9.17) is 4.74 Å². The molecule has 2 unspecified atom stereocenters. The predicted molar refractivity (Wildman–Crippen MR) is 75.1 cm³/mol. The number of aromatic hydroxyl groups is 1. The molecular formula is C16H23NO2. The molecule has 1 saturated carbocycles. The van der Waals surface area contributed by atoms with Crippen molar-refractivity contribution < 1.29 is 9.84 Å². The second-order valence-corrected chi connectivity index (χ2v) is 6.09. The molecule has 1 saturated heterocycles. The second-order valence-electron chi connectivity index (χ2n) is 6.09. The number of hydrogen-bond acceptors (Lipinski definition) is 3. The van der Waals surface area contributed by atoms with Crippen molar-refractivity contribution in [2.45, 2.75) is 24.9 Å². The van der Waals surface area contributed by atoms with Crippen molar-refractivity contribution in [3.8, 4) is 5.75 Å². The van der Waals surface area contributed by atoms with Gasteiger partial charge in [-0.05, 0) is 37.6 Å². The van der Waals surface area contributed by atoms with Crippen LogP contribution in [-0.4, -0.2) is 37.3 Å². The first kappa shape index (κ1) is 12.9. The molecule has 2 atom stereocenters. The Bertz CT molecular complexity index is 446. The van der Waals surface area contributed by atoms with Crippen LogP contribution in [0.25, 0.3) is 0 Å². The summed E-state index contributed by atoms with van der Waals surface area (Å²) in [6, 6.07) is 7.66. The lowest BCUT2D eigenvalue weighted by molar-refractivity contribution is -0.165. The molecule has 0 amide bonds. The molecule has 0 spiro atoms. The Balaban J connectivity index is 2.07. The number of rotatable bonds is 2. The summed E-state index contributed by atoms with van der Waals surface area (Å²) in [5.41, 5.74) is 0.946. The summed E-state index contributed by atoms with van der Waals surface area (Å²) < 4.78 is 6.10. The van der Waals surface area contributed by atoms with Crippen molar-refractivity contribution in [2.75, 3.05) is 27.2 Å². The zero-order valence-electron chi connectivity index (χ0n) is 11.8. The average Bonchev–Trinajstić information content (AvgIpc) is 2.38. The molecule has 2 aliphatic rings. The molecule has 0 aromatic heterocycles. The fourth-order valence-electron chi connectivity index (χ4n) is 4.33. The number of nitrogens with zero attached hydrogens (tertiary/aromatic N) is 1. The van der Waals surface area contributed by atoms with Gasteiger partial charge in [0.1, 0.15) is 11.4 Å². The maximum atomic E-state index is 9.80. The van der Waals surface area contributed by atoms with Crippen LogP contribution in [0.4, 0.5) is 0 Å². The third kappa shape index (κ3) is 1.96. The highest BCUT2D eigenvalue weighted by atomic mass is 16.5. The minimum Gasteiger partial charge on any atom is -0.508 e. The van der Waals surface area contributed by atoms with Crippen LogP contribution < -0.4 is 0 Å². The first-order valence-electron chi connectivity index (χ1n) is 7.20. The SMILES string of the molecule is COC1(c2cccc(O)c2)C2CCCC1CN(C)C2. The third-order valence-corrected chi connectivity index (χ3v) is 5.02. The molecule has 2 fully saturated rings. The molecule has 3 nitrogen and oxygen atoms in total. The number of likely N-dealkylation sites (tertiary alicyclic amines) is 1. The molecule has 3 heteroatoms. The maximum Gasteiger partial charge on any atom is 0.115 e. The summed E-state index contributed by atoms with van der Waals surface area (Å²) in [6.45, 7) is 2.17. The van der Waals surface area contributed by atoms with E-state index in [1.54, 1.807) is 6.07 Å². The normalized spacial score (nSPS) is 35.3. The Kier molecular flexibility index (Phi) is 3.27. The summed E-state index contributed by atoms with van der Waals surface area (Å²) in [7, 11) is 4.04. The number of hydrogen-bond donors (Lipinski definition) is 1. The molecule has 19 heavy (non-hydrogen) atoms. The van der Waals surface area contributed by atoms with Gasteiger partial charge >= 0.3 is 0 Å². The molecular weight excluding hydrogens is 238 g/mol. The number of methoxy groups -OCH3 is 1. The fourth-order valence-corrected chi connectivity index (χ4v) is 4.33. The Labute approximate surface area is 115 Å². The number of phenols is 1. The van der Waals surface area contributed by atoms with Crippen molar-refractivity contribution in [2.24, 2.45) is 11.8 Å². The zero-order chi connectivity index (χ0) is 13.5. The highest BCUT2D eigenvalue weighted by Gasteiger charge is 2.52. The largest absolute Gasteiger partial charge is 0.508 e. The van der Waals surface area contributed by atoms with Crippen LogP contribution in [-0.2, 0) is 10.3 Å². The van der Waals surface area contributed by atoms with Crippen molar-refractivity contribution in [3.63, 3.8) is 0 Å². The van der Waals surface area contributed by atoms with Crippen LogP contribution in [0.1, 0.15) is 24.8 Å². The van der Waals surface area contributed by atoms with E-state index >= 15 is 0 Å². The van der Waals surface area contributed by atoms with Gasteiger partial charge in [0.15, 0.2) is 0 Å². The second kappa shape index (κ2) is 4.80. The number of phenolic OH excluding ortho intramolecular Hbond substituents is 1. The average molecular weight is 261 g/mol. The Hall–Kier alpha value is -1.06. The maximum absolute atomic E-state index is 9.80. The molecule has 1 heterocycles. The van der Waals surface area contributed by atoms with Crippen LogP contribution in [0.2, 0.25) is 0 Å². The van der Waals surface area contributed by atoms with E-state index in [2.05, 4.69) is 18.0 Å². The molecule has 1 aliphatic carbocycles. The molecule has 1 N–H and O–H groups in total. The van der Waals surface area contributed by atoms with Gasteiger partial charge in [-0.15, -0.1) is 0 Å². The van der Waals surface area contributed by atoms with E-state index in [0.717, 1.165) is 18.7 Å². The van der Waals surface area contributed by atoms with Gasteiger partial charge in [-0.1, -0.05) is 18.6 Å². The summed E-state index contributed by atoms with van der Waals surface area (Å²) in [5.74, 6) is 1.39. The minimum absolute atomic E-state index is 0.205. The lowest BCUT2D eigenvalue weighted by Gasteiger charge is -2.54. The first-order chi connectivity index (χ1) is 9.16. The smallest absolute Gasteiger partial charge is 0.115 e. The van der Waals surface area contributed by atoms with Crippen LogP contribution in [0.5, 0.6) is 5.75 Å². The van der Waals surface area contributed by atoms with Crippen molar-refractivity contribution in [3.05, 3.63) is 29.8 Å². The van der Waals surface area contributed by atoms with Crippen molar-refractivity contribution in [1.29, 1.82) is 0 Å². The molecule has 0 radical (unpaired) electrons. The molecule has 1 aliphatic heterocycles. The number of fused-ring (bicyclic) bond motifs is 2. The third-order valence-electron chi connectivity index (χ3n) is 5.02. The highest BCUT2D eigenvalue weighted by Crippen LogP contribution is 2.51. The van der Waals surface area contributed by atoms with Gasteiger partial charge in [0.2, 0.25) is 0 Å².